The lowest BCUT2D eigenvalue weighted by atomic mass is 9.80. The van der Waals surface area contributed by atoms with Crippen molar-refractivity contribution in [2.45, 2.75) is 38.8 Å². The third kappa shape index (κ3) is 3.31. The maximum absolute atomic E-state index is 14.0. The van der Waals surface area contributed by atoms with Crippen LogP contribution in [0.2, 0.25) is 0 Å². The van der Waals surface area contributed by atoms with Gasteiger partial charge in [0.1, 0.15) is 5.82 Å². The number of nitrogens with one attached hydrogen (secondary N) is 1. The zero-order valence-corrected chi connectivity index (χ0v) is 13.7. The minimum Gasteiger partial charge on any atom is -0.344 e. The number of aromatic nitrogens is 3. The highest BCUT2D eigenvalue weighted by Gasteiger charge is 2.30. The number of halogens is 1. The molecular weight excluding hydrogens is 309 g/mol. The van der Waals surface area contributed by atoms with Crippen LogP contribution in [0.5, 0.6) is 0 Å². The molecule has 1 aromatic heterocycles. The van der Waals surface area contributed by atoms with E-state index in [9.17, 15) is 9.18 Å². The van der Waals surface area contributed by atoms with Crippen molar-refractivity contribution in [1.82, 2.24) is 20.3 Å². The van der Waals surface area contributed by atoms with E-state index in [-0.39, 0.29) is 29.4 Å². The molecule has 0 aliphatic heterocycles. The van der Waals surface area contributed by atoms with Crippen LogP contribution in [-0.2, 0) is 13.0 Å². The van der Waals surface area contributed by atoms with Crippen molar-refractivity contribution < 1.29 is 9.18 Å². The van der Waals surface area contributed by atoms with Gasteiger partial charge in [-0.2, -0.15) is 0 Å². The number of carbonyl (C=O) groups is 1. The van der Waals surface area contributed by atoms with Crippen molar-refractivity contribution >= 4 is 5.91 Å². The fraction of sp³-hybridized carbons (Fsp3) is 0.471. The van der Waals surface area contributed by atoms with Gasteiger partial charge in [-0.05, 0) is 48.9 Å². The van der Waals surface area contributed by atoms with Crippen LogP contribution in [-0.4, -0.2) is 27.4 Å². The molecule has 2 atom stereocenters. The maximum atomic E-state index is 14.0. The standard InChI is InChI=1S/C17H22FN5O/c1-11-6-7-12-13(4-2-5-14(12)18)16(11)20-17(24)15-10-23(22-21-15)9-3-8-19/h2,4-5,10-11,16H,3,6-9,19H2,1H3,(H,20,24). The predicted octanol–water partition coefficient (Wildman–Crippen LogP) is 1.82. The summed E-state index contributed by atoms with van der Waals surface area (Å²) in [5.74, 6) is -0.259. The summed E-state index contributed by atoms with van der Waals surface area (Å²) in [5, 5.41) is 10.8. The highest BCUT2D eigenvalue weighted by molar-refractivity contribution is 5.92. The molecule has 0 saturated carbocycles. The summed E-state index contributed by atoms with van der Waals surface area (Å²) in [4.78, 5) is 12.5. The molecule has 1 aliphatic rings. The SMILES string of the molecule is CC1CCc2c(F)cccc2C1NC(=O)c1cn(CCCN)nn1. The van der Waals surface area contributed by atoms with Crippen LogP contribution in [0.1, 0.15) is 47.4 Å². The first-order valence-corrected chi connectivity index (χ1v) is 8.28. The molecule has 3 rings (SSSR count). The highest BCUT2D eigenvalue weighted by atomic mass is 19.1. The topological polar surface area (TPSA) is 85.8 Å². The zero-order valence-electron chi connectivity index (χ0n) is 13.7. The molecule has 24 heavy (non-hydrogen) atoms. The number of nitrogens with zero attached hydrogens (tertiary/aromatic N) is 3. The molecule has 3 N–H and O–H groups in total. The summed E-state index contributed by atoms with van der Waals surface area (Å²) in [6.45, 7) is 3.25. The Morgan fingerprint density at radius 1 is 1.50 bits per heavy atom. The lowest BCUT2D eigenvalue weighted by molar-refractivity contribution is 0.0914. The molecule has 0 saturated heterocycles. The molecule has 0 radical (unpaired) electrons. The second kappa shape index (κ2) is 7.09. The number of aryl methyl sites for hydroxylation is 1. The Labute approximate surface area is 140 Å². The summed E-state index contributed by atoms with van der Waals surface area (Å²) >= 11 is 0. The first kappa shape index (κ1) is 16.6. The summed E-state index contributed by atoms with van der Waals surface area (Å²) in [7, 11) is 0. The van der Waals surface area contributed by atoms with Crippen molar-refractivity contribution in [2.24, 2.45) is 11.7 Å². The largest absolute Gasteiger partial charge is 0.344 e. The average molecular weight is 331 g/mol. The Morgan fingerprint density at radius 3 is 3.12 bits per heavy atom. The van der Waals surface area contributed by atoms with E-state index < -0.39 is 0 Å². The first-order chi connectivity index (χ1) is 11.6. The summed E-state index contributed by atoms with van der Waals surface area (Å²) in [6.07, 6.45) is 3.93. The molecule has 0 bridgehead atoms. The van der Waals surface area contributed by atoms with Crippen LogP contribution in [0.15, 0.2) is 24.4 Å². The van der Waals surface area contributed by atoms with Crippen molar-refractivity contribution in [3.05, 3.63) is 47.0 Å². The van der Waals surface area contributed by atoms with E-state index >= 15 is 0 Å². The van der Waals surface area contributed by atoms with Crippen LogP contribution in [0, 0.1) is 11.7 Å². The second-order valence-electron chi connectivity index (χ2n) is 6.28. The maximum Gasteiger partial charge on any atom is 0.273 e. The number of nitrogens with two attached hydrogens (primary N) is 1. The van der Waals surface area contributed by atoms with Gasteiger partial charge in [0.25, 0.3) is 5.91 Å². The Hall–Kier alpha value is -2.28. The Bertz CT molecular complexity index is 730. The minimum atomic E-state index is -0.289. The molecule has 128 valence electrons. The van der Waals surface area contributed by atoms with E-state index in [2.05, 4.69) is 22.6 Å². The number of hydrogen-bond donors (Lipinski definition) is 2. The Kier molecular flexibility index (Phi) is 4.89. The highest BCUT2D eigenvalue weighted by Crippen LogP contribution is 2.35. The fourth-order valence-electron chi connectivity index (χ4n) is 3.18. The zero-order chi connectivity index (χ0) is 17.1. The number of rotatable bonds is 5. The number of carbonyl (C=O) groups excluding carboxylic acids is 1. The van der Waals surface area contributed by atoms with Crippen LogP contribution in [0.4, 0.5) is 4.39 Å². The van der Waals surface area contributed by atoms with Gasteiger partial charge >= 0.3 is 0 Å². The Morgan fingerprint density at radius 2 is 2.33 bits per heavy atom. The second-order valence-corrected chi connectivity index (χ2v) is 6.28. The Balaban J connectivity index is 1.77. The van der Waals surface area contributed by atoms with Crippen LogP contribution < -0.4 is 11.1 Å². The monoisotopic (exact) mass is 331 g/mol. The molecular formula is C17H22FN5O. The third-order valence-corrected chi connectivity index (χ3v) is 4.56. The van der Waals surface area contributed by atoms with E-state index in [1.165, 1.54) is 6.07 Å². The number of fused-ring (bicyclic) bond motifs is 1. The van der Waals surface area contributed by atoms with Crippen molar-refractivity contribution in [2.75, 3.05) is 6.54 Å². The quantitative estimate of drug-likeness (QED) is 0.875. The molecule has 0 fully saturated rings. The third-order valence-electron chi connectivity index (χ3n) is 4.56. The van der Waals surface area contributed by atoms with Gasteiger partial charge in [0, 0.05) is 6.54 Å². The van der Waals surface area contributed by atoms with Gasteiger partial charge in [0.05, 0.1) is 12.2 Å². The van der Waals surface area contributed by atoms with Gasteiger partial charge in [-0.1, -0.05) is 24.3 Å². The number of benzene rings is 1. The van der Waals surface area contributed by atoms with Gasteiger partial charge in [-0.15, -0.1) is 5.10 Å². The minimum absolute atomic E-state index is 0.202. The molecule has 1 aliphatic carbocycles. The van der Waals surface area contributed by atoms with Crippen molar-refractivity contribution in [1.29, 1.82) is 0 Å². The normalized spacial score (nSPS) is 19.8. The average Bonchev–Trinajstić information content (AvgIpc) is 3.05. The number of amides is 1. The first-order valence-electron chi connectivity index (χ1n) is 8.28. The summed E-state index contributed by atoms with van der Waals surface area (Å²) < 4.78 is 15.6. The van der Waals surface area contributed by atoms with E-state index in [4.69, 9.17) is 5.73 Å². The van der Waals surface area contributed by atoms with Gasteiger partial charge in [-0.25, -0.2) is 4.39 Å². The summed E-state index contributed by atoms with van der Waals surface area (Å²) in [6, 6.07) is 4.83. The molecule has 1 amide bonds. The number of hydrogen-bond acceptors (Lipinski definition) is 4. The molecule has 7 heteroatoms. The van der Waals surface area contributed by atoms with Crippen molar-refractivity contribution in [3.63, 3.8) is 0 Å². The van der Waals surface area contributed by atoms with Crippen LogP contribution >= 0.6 is 0 Å². The fourth-order valence-corrected chi connectivity index (χ4v) is 3.18. The van der Waals surface area contributed by atoms with Crippen molar-refractivity contribution in [3.8, 4) is 0 Å². The van der Waals surface area contributed by atoms with Gasteiger partial charge in [0.2, 0.25) is 0 Å². The molecule has 1 aromatic carbocycles. The molecule has 0 spiro atoms. The summed E-state index contributed by atoms with van der Waals surface area (Å²) in [5.41, 5.74) is 7.29. The lowest BCUT2D eigenvalue weighted by Crippen LogP contribution is -2.36. The molecule has 1 heterocycles. The van der Waals surface area contributed by atoms with E-state index in [0.717, 1.165) is 18.4 Å². The van der Waals surface area contributed by atoms with Gasteiger partial charge in [0.15, 0.2) is 5.69 Å². The van der Waals surface area contributed by atoms with Crippen LogP contribution in [0.3, 0.4) is 0 Å². The van der Waals surface area contributed by atoms with E-state index in [1.807, 2.05) is 6.07 Å². The van der Waals surface area contributed by atoms with Gasteiger partial charge in [-0.3, -0.25) is 9.48 Å². The van der Waals surface area contributed by atoms with E-state index in [1.54, 1.807) is 16.9 Å². The molecule has 2 aromatic rings. The van der Waals surface area contributed by atoms with Gasteiger partial charge < -0.3 is 11.1 Å². The van der Waals surface area contributed by atoms with Crippen LogP contribution in [0.25, 0.3) is 0 Å². The molecule has 6 nitrogen and oxygen atoms in total. The lowest BCUT2D eigenvalue weighted by Gasteiger charge is -2.32. The molecule has 2 unspecified atom stereocenters. The predicted molar refractivity (Wildman–Crippen MR) is 87.8 cm³/mol. The smallest absolute Gasteiger partial charge is 0.273 e. The van der Waals surface area contributed by atoms with E-state index in [0.29, 0.717) is 25.1 Å².